The highest BCUT2D eigenvalue weighted by Gasteiger charge is 2.60. The summed E-state index contributed by atoms with van der Waals surface area (Å²) in [5.41, 5.74) is 1.34. The second-order valence-electron chi connectivity index (χ2n) is 13.0. The van der Waals surface area contributed by atoms with Gasteiger partial charge in [-0.1, -0.05) is 60.8 Å². The molecule has 0 saturated heterocycles. The van der Waals surface area contributed by atoms with E-state index in [0.29, 0.717) is 10.8 Å². The zero-order chi connectivity index (χ0) is 21.5. The average molecular weight is 433 g/mol. The lowest BCUT2D eigenvalue weighted by molar-refractivity contribution is -0.113. The maximum absolute atomic E-state index is 2.76. The number of rotatable bonds is 7. The van der Waals surface area contributed by atoms with Crippen molar-refractivity contribution < 1.29 is 0 Å². The van der Waals surface area contributed by atoms with Crippen molar-refractivity contribution in [2.24, 2.45) is 52.3 Å². The van der Waals surface area contributed by atoms with Crippen LogP contribution in [0.4, 0.5) is 0 Å². The highest BCUT2D eigenvalue weighted by atomic mass is 32.2. The van der Waals surface area contributed by atoms with Gasteiger partial charge in [0.05, 0.1) is 0 Å². The van der Waals surface area contributed by atoms with Gasteiger partial charge in [-0.05, 0) is 116 Å². The van der Waals surface area contributed by atoms with Crippen molar-refractivity contribution in [2.45, 2.75) is 124 Å². The summed E-state index contributed by atoms with van der Waals surface area (Å²) < 4.78 is 0. The van der Waals surface area contributed by atoms with Crippen molar-refractivity contribution in [1.29, 1.82) is 0 Å². The first-order valence-corrected chi connectivity index (χ1v) is 15.0. The van der Waals surface area contributed by atoms with E-state index in [1.54, 1.807) is 38.5 Å². The number of hydrogen-bond acceptors (Lipinski definition) is 1. The molecule has 9 atom stereocenters. The van der Waals surface area contributed by atoms with Crippen LogP contribution in [0.25, 0.3) is 0 Å². The molecule has 0 heterocycles. The predicted octanol–water partition coefficient (Wildman–Crippen LogP) is 9.23. The summed E-state index contributed by atoms with van der Waals surface area (Å²) in [6.45, 7) is 15.3. The Kier molecular flexibility index (Phi) is 7.29. The van der Waals surface area contributed by atoms with Gasteiger partial charge in [0.1, 0.15) is 0 Å². The van der Waals surface area contributed by atoms with Crippen LogP contribution in [-0.2, 0) is 0 Å². The molecule has 0 aromatic rings. The van der Waals surface area contributed by atoms with Crippen molar-refractivity contribution in [3.63, 3.8) is 0 Å². The Balaban J connectivity index is 1.43. The molecule has 0 spiro atoms. The Bertz CT molecular complexity index is 569. The van der Waals surface area contributed by atoms with Crippen molar-refractivity contribution in [3.05, 3.63) is 0 Å². The van der Waals surface area contributed by atoms with Gasteiger partial charge >= 0.3 is 0 Å². The summed E-state index contributed by atoms with van der Waals surface area (Å²) in [5.74, 6) is 8.35. The van der Waals surface area contributed by atoms with Crippen LogP contribution in [0.1, 0.15) is 119 Å². The molecule has 0 N–H and O–H groups in total. The molecule has 0 aliphatic heterocycles. The number of thioether (sulfide) groups is 1. The van der Waals surface area contributed by atoms with Crippen LogP contribution in [0, 0.1) is 52.3 Å². The molecule has 4 aliphatic rings. The molecule has 174 valence electrons. The van der Waals surface area contributed by atoms with Gasteiger partial charge < -0.3 is 0 Å². The smallest absolute Gasteiger partial charge is 0.00499 e. The fourth-order valence-electron chi connectivity index (χ4n) is 9.63. The van der Waals surface area contributed by atoms with E-state index in [2.05, 4.69) is 53.3 Å². The van der Waals surface area contributed by atoms with Gasteiger partial charge in [-0.25, -0.2) is 0 Å². The molecule has 4 saturated carbocycles. The fourth-order valence-corrected chi connectivity index (χ4v) is 10.8. The third-order valence-electron chi connectivity index (χ3n) is 11.2. The van der Waals surface area contributed by atoms with Gasteiger partial charge in [0, 0.05) is 5.25 Å². The third kappa shape index (κ3) is 4.17. The summed E-state index contributed by atoms with van der Waals surface area (Å²) in [7, 11) is 0. The van der Waals surface area contributed by atoms with Crippen LogP contribution in [0.5, 0.6) is 0 Å². The predicted molar refractivity (Wildman–Crippen MR) is 135 cm³/mol. The Morgan fingerprint density at radius 1 is 0.833 bits per heavy atom. The van der Waals surface area contributed by atoms with E-state index in [9.17, 15) is 0 Å². The van der Waals surface area contributed by atoms with Gasteiger partial charge in [0.15, 0.2) is 0 Å². The molecule has 30 heavy (non-hydrogen) atoms. The van der Waals surface area contributed by atoms with E-state index in [0.717, 1.165) is 46.7 Å². The number of hydrogen-bond donors (Lipinski definition) is 0. The van der Waals surface area contributed by atoms with Crippen LogP contribution < -0.4 is 0 Å². The summed E-state index contributed by atoms with van der Waals surface area (Å²) in [5, 5.41) is 0.973. The second-order valence-corrected chi connectivity index (χ2v) is 14.6. The Morgan fingerprint density at radius 3 is 2.30 bits per heavy atom. The van der Waals surface area contributed by atoms with Crippen molar-refractivity contribution in [3.8, 4) is 0 Å². The lowest BCUT2D eigenvalue weighted by Gasteiger charge is -2.61. The van der Waals surface area contributed by atoms with Crippen molar-refractivity contribution >= 4 is 11.8 Å². The summed E-state index contributed by atoms with van der Waals surface area (Å²) in [6.07, 6.45) is 18.3. The van der Waals surface area contributed by atoms with Crippen LogP contribution in [0.15, 0.2) is 0 Å². The molecule has 4 rings (SSSR count). The first-order chi connectivity index (χ1) is 14.3. The quantitative estimate of drug-likeness (QED) is 0.386. The maximum atomic E-state index is 2.76. The molecule has 2 unspecified atom stereocenters. The Hall–Kier alpha value is 0.350. The number of fused-ring (bicyclic) bond motifs is 5. The molecule has 4 aliphatic carbocycles. The van der Waals surface area contributed by atoms with Gasteiger partial charge in [0.25, 0.3) is 0 Å². The molecule has 0 amide bonds. The normalized spacial score (nSPS) is 46.9. The molecule has 0 aromatic heterocycles. The van der Waals surface area contributed by atoms with E-state index in [1.165, 1.54) is 44.3 Å². The SMILES string of the molecule is CCSC1CC[C@@]2(C)C(CC[C@H]3[C@@H]4CC[C@H]([C@H](C)CCCC(C)C)[C@@]4(C)CC[C@@H]32)C1. The summed E-state index contributed by atoms with van der Waals surface area (Å²) in [6, 6.07) is 0. The van der Waals surface area contributed by atoms with Crippen LogP contribution in [0.2, 0.25) is 0 Å². The average Bonchev–Trinajstić information content (AvgIpc) is 3.05. The highest BCUT2D eigenvalue weighted by Crippen LogP contribution is 2.68. The van der Waals surface area contributed by atoms with Gasteiger partial charge in [0.2, 0.25) is 0 Å². The van der Waals surface area contributed by atoms with E-state index >= 15 is 0 Å². The molecule has 0 nitrogen and oxygen atoms in total. The molecule has 0 bridgehead atoms. The molecule has 0 aromatic carbocycles. The van der Waals surface area contributed by atoms with E-state index < -0.39 is 0 Å². The van der Waals surface area contributed by atoms with Crippen LogP contribution >= 0.6 is 11.8 Å². The Labute approximate surface area is 193 Å². The van der Waals surface area contributed by atoms with E-state index in [4.69, 9.17) is 0 Å². The lowest BCUT2D eigenvalue weighted by atomic mass is 9.44. The molecular weight excluding hydrogens is 380 g/mol. The first-order valence-electron chi connectivity index (χ1n) is 13.9. The van der Waals surface area contributed by atoms with Crippen LogP contribution in [-0.4, -0.2) is 11.0 Å². The summed E-state index contributed by atoms with van der Waals surface area (Å²) in [4.78, 5) is 0. The molecule has 0 radical (unpaired) electrons. The first kappa shape index (κ1) is 23.5. The van der Waals surface area contributed by atoms with Gasteiger partial charge in [-0.2, -0.15) is 11.8 Å². The minimum atomic E-state index is 0.664. The zero-order valence-electron chi connectivity index (χ0n) is 21.2. The van der Waals surface area contributed by atoms with Gasteiger partial charge in [-0.15, -0.1) is 0 Å². The van der Waals surface area contributed by atoms with E-state index in [-0.39, 0.29) is 0 Å². The second kappa shape index (κ2) is 9.30. The van der Waals surface area contributed by atoms with Crippen molar-refractivity contribution in [2.75, 3.05) is 5.75 Å². The third-order valence-corrected chi connectivity index (χ3v) is 12.5. The molecule has 1 heteroatoms. The zero-order valence-corrected chi connectivity index (χ0v) is 22.0. The topological polar surface area (TPSA) is 0 Å². The largest absolute Gasteiger partial charge is 0.159 e. The van der Waals surface area contributed by atoms with Gasteiger partial charge in [-0.3, -0.25) is 0 Å². The molecule has 4 fully saturated rings. The molecular formula is C29H52S. The fraction of sp³-hybridized carbons (Fsp3) is 1.00. The lowest BCUT2D eigenvalue weighted by Crippen LogP contribution is -2.54. The summed E-state index contributed by atoms with van der Waals surface area (Å²) >= 11 is 2.26. The minimum absolute atomic E-state index is 0.664. The standard InChI is InChI=1S/C29H52S/c1-7-30-23-15-17-28(5)22(19-23)11-12-24-26-14-13-25(21(4)10-8-9-20(2)3)29(26,6)18-16-27(24)28/h20-27H,7-19H2,1-6H3/t21-,22?,23?,24+,25-,26+,27+,28+,29-/m1/s1. The Morgan fingerprint density at radius 2 is 1.57 bits per heavy atom. The van der Waals surface area contributed by atoms with Crippen LogP contribution in [0.3, 0.4) is 0 Å². The maximum Gasteiger partial charge on any atom is 0.00499 e. The highest BCUT2D eigenvalue weighted by molar-refractivity contribution is 7.99. The van der Waals surface area contributed by atoms with Crippen molar-refractivity contribution in [1.82, 2.24) is 0 Å². The monoisotopic (exact) mass is 432 g/mol. The minimum Gasteiger partial charge on any atom is -0.159 e. The van der Waals surface area contributed by atoms with E-state index in [1.807, 2.05) is 0 Å².